The van der Waals surface area contributed by atoms with Gasteiger partial charge in [-0.25, -0.2) is 13.2 Å². The predicted octanol–water partition coefficient (Wildman–Crippen LogP) is 3.74. The number of aldehydes is 1. The van der Waals surface area contributed by atoms with E-state index in [9.17, 15) is 18.0 Å². The molecule has 0 aliphatic heterocycles. The van der Waals surface area contributed by atoms with E-state index in [0.29, 0.717) is 16.9 Å². The summed E-state index contributed by atoms with van der Waals surface area (Å²) in [6.45, 7) is 5.05. The summed E-state index contributed by atoms with van der Waals surface area (Å²) in [7, 11) is -3.95. The van der Waals surface area contributed by atoms with E-state index in [0.717, 1.165) is 0 Å². The minimum Gasteiger partial charge on any atom is -0.444 e. The fourth-order valence-electron chi connectivity index (χ4n) is 3.49. The Labute approximate surface area is 175 Å². The molecule has 1 N–H and O–H groups in total. The van der Waals surface area contributed by atoms with Crippen molar-refractivity contribution in [3.05, 3.63) is 65.2 Å². The van der Waals surface area contributed by atoms with Crippen molar-refractivity contribution >= 4 is 33.8 Å². The standard InChI is InChI=1S/C21H22ClNO5S/c1-20(2,3)28-19(25)23-21(13-24)17(14-7-5-4-6-8-14)18(21)29(26,27)16-11-9-15(22)10-12-16/h4-13,17-18H,1-3H3,(H,23,25). The molecule has 1 aliphatic carbocycles. The molecule has 3 rings (SSSR count). The van der Waals surface area contributed by atoms with Crippen molar-refractivity contribution < 1.29 is 22.7 Å². The van der Waals surface area contributed by atoms with Crippen LogP contribution in [0.15, 0.2) is 59.5 Å². The molecule has 0 radical (unpaired) electrons. The number of alkyl carbamates (subject to hydrolysis) is 1. The van der Waals surface area contributed by atoms with Crippen LogP contribution in [0.2, 0.25) is 5.02 Å². The number of carbonyl (C=O) groups excluding carboxylic acids is 2. The first-order valence-corrected chi connectivity index (χ1v) is 11.0. The molecule has 1 amide bonds. The summed E-state index contributed by atoms with van der Waals surface area (Å²) in [5.41, 5.74) is -1.78. The lowest BCUT2D eigenvalue weighted by Gasteiger charge is -2.22. The van der Waals surface area contributed by atoms with Gasteiger partial charge in [0.2, 0.25) is 0 Å². The second-order valence-corrected chi connectivity index (χ2v) is 10.5. The number of nitrogens with one attached hydrogen (secondary N) is 1. The first kappa shape index (κ1) is 21.3. The smallest absolute Gasteiger partial charge is 0.408 e. The summed E-state index contributed by atoms with van der Waals surface area (Å²) in [5, 5.41) is 1.76. The van der Waals surface area contributed by atoms with Crippen LogP contribution < -0.4 is 5.32 Å². The fourth-order valence-corrected chi connectivity index (χ4v) is 5.86. The molecule has 0 bridgehead atoms. The zero-order valence-corrected chi connectivity index (χ0v) is 17.8. The van der Waals surface area contributed by atoms with E-state index in [1.165, 1.54) is 24.3 Å². The van der Waals surface area contributed by atoms with Crippen LogP contribution in [0.3, 0.4) is 0 Å². The van der Waals surface area contributed by atoms with Gasteiger partial charge in [0.15, 0.2) is 9.84 Å². The maximum Gasteiger partial charge on any atom is 0.408 e. The van der Waals surface area contributed by atoms with Crippen LogP contribution in [0, 0.1) is 0 Å². The zero-order valence-electron chi connectivity index (χ0n) is 16.3. The molecule has 0 saturated heterocycles. The number of hydrogen-bond acceptors (Lipinski definition) is 5. The monoisotopic (exact) mass is 435 g/mol. The summed E-state index contributed by atoms with van der Waals surface area (Å²) in [4.78, 5) is 24.6. The molecular formula is C21H22ClNO5S. The molecule has 29 heavy (non-hydrogen) atoms. The number of amides is 1. The summed E-state index contributed by atoms with van der Waals surface area (Å²) in [5.74, 6) is -0.741. The van der Waals surface area contributed by atoms with E-state index in [1.54, 1.807) is 51.1 Å². The number of ether oxygens (including phenoxy) is 1. The van der Waals surface area contributed by atoms with Crippen molar-refractivity contribution in [3.63, 3.8) is 0 Å². The maximum atomic E-state index is 13.3. The highest BCUT2D eigenvalue weighted by molar-refractivity contribution is 7.92. The van der Waals surface area contributed by atoms with Gasteiger partial charge in [-0.05, 0) is 50.6 Å². The van der Waals surface area contributed by atoms with Gasteiger partial charge < -0.3 is 14.8 Å². The average Bonchev–Trinajstić information content (AvgIpc) is 3.30. The van der Waals surface area contributed by atoms with E-state index in [1.807, 2.05) is 0 Å². The molecule has 2 aromatic carbocycles. The molecule has 1 aliphatic rings. The quantitative estimate of drug-likeness (QED) is 0.722. The highest BCUT2D eigenvalue weighted by atomic mass is 35.5. The number of rotatable bonds is 5. The number of carbonyl (C=O) groups is 2. The molecule has 154 valence electrons. The zero-order chi connectivity index (χ0) is 21.4. The second-order valence-electron chi connectivity index (χ2n) is 7.99. The van der Waals surface area contributed by atoms with E-state index in [4.69, 9.17) is 16.3 Å². The summed E-state index contributed by atoms with van der Waals surface area (Å²) in [6.07, 6.45) is -0.355. The van der Waals surface area contributed by atoms with Crippen molar-refractivity contribution in [1.82, 2.24) is 5.32 Å². The maximum absolute atomic E-state index is 13.3. The van der Waals surface area contributed by atoms with Crippen LogP contribution in [0.4, 0.5) is 4.79 Å². The Hall–Kier alpha value is -2.38. The molecule has 1 saturated carbocycles. The van der Waals surface area contributed by atoms with Crippen LogP contribution >= 0.6 is 11.6 Å². The molecule has 0 spiro atoms. The van der Waals surface area contributed by atoms with Crippen LogP contribution in [-0.4, -0.2) is 37.2 Å². The third-order valence-electron chi connectivity index (χ3n) is 4.73. The number of benzene rings is 2. The summed E-state index contributed by atoms with van der Waals surface area (Å²) >= 11 is 5.87. The van der Waals surface area contributed by atoms with Gasteiger partial charge in [0.05, 0.1) is 4.90 Å². The van der Waals surface area contributed by atoms with E-state index >= 15 is 0 Å². The molecule has 6 nitrogen and oxygen atoms in total. The highest BCUT2D eigenvalue weighted by Crippen LogP contribution is 2.56. The number of sulfone groups is 1. The third kappa shape index (κ3) is 4.16. The summed E-state index contributed by atoms with van der Waals surface area (Å²) < 4.78 is 31.9. The van der Waals surface area contributed by atoms with Crippen LogP contribution in [0.25, 0.3) is 0 Å². The van der Waals surface area contributed by atoms with E-state index in [-0.39, 0.29) is 4.90 Å². The molecule has 0 aromatic heterocycles. The van der Waals surface area contributed by atoms with Gasteiger partial charge in [-0.1, -0.05) is 41.9 Å². The first-order chi connectivity index (χ1) is 13.5. The van der Waals surface area contributed by atoms with Gasteiger partial charge in [0.25, 0.3) is 0 Å². The van der Waals surface area contributed by atoms with Crippen molar-refractivity contribution in [1.29, 1.82) is 0 Å². The first-order valence-electron chi connectivity index (χ1n) is 9.03. The molecule has 2 aromatic rings. The molecule has 8 heteroatoms. The second kappa shape index (κ2) is 7.46. The lowest BCUT2D eigenvalue weighted by Crippen LogP contribution is -2.45. The Bertz CT molecular complexity index is 1020. The van der Waals surface area contributed by atoms with Gasteiger partial charge in [-0.3, -0.25) is 0 Å². The minimum absolute atomic E-state index is 0.0301. The highest BCUT2D eigenvalue weighted by Gasteiger charge is 2.73. The molecule has 0 heterocycles. The Kier molecular flexibility index (Phi) is 5.49. The lowest BCUT2D eigenvalue weighted by atomic mass is 10.1. The largest absolute Gasteiger partial charge is 0.444 e. The van der Waals surface area contributed by atoms with Crippen LogP contribution in [0.5, 0.6) is 0 Å². The van der Waals surface area contributed by atoms with E-state index < -0.39 is 38.2 Å². The van der Waals surface area contributed by atoms with Gasteiger partial charge in [0.1, 0.15) is 22.7 Å². The van der Waals surface area contributed by atoms with Gasteiger partial charge in [0, 0.05) is 10.9 Å². The summed E-state index contributed by atoms with van der Waals surface area (Å²) in [6, 6.07) is 14.5. The Morgan fingerprint density at radius 1 is 1.10 bits per heavy atom. The predicted molar refractivity (Wildman–Crippen MR) is 110 cm³/mol. The van der Waals surface area contributed by atoms with Gasteiger partial charge in [-0.15, -0.1) is 0 Å². The molecular weight excluding hydrogens is 414 g/mol. The Morgan fingerprint density at radius 3 is 2.21 bits per heavy atom. The Morgan fingerprint density at radius 2 is 1.69 bits per heavy atom. The van der Waals surface area contributed by atoms with Crippen LogP contribution in [-0.2, 0) is 19.4 Å². The van der Waals surface area contributed by atoms with Crippen LogP contribution in [0.1, 0.15) is 32.3 Å². The SMILES string of the molecule is CC(C)(C)OC(=O)NC1(C=O)C(c2ccccc2)C1S(=O)(=O)c1ccc(Cl)cc1. The minimum atomic E-state index is -3.95. The molecule has 3 unspecified atom stereocenters. The van der Waals surface area contributed by atoms with Gasteiger partial charge in [-0.2, -0.15) is 0 Å². The number of halogens is 1. The third-order valence-corrected chi connectivity index (χ3v) is 7.24. The normalized spacial score (nSPS) is 23.9. The topological polar surface area (TPSA) is 89.5 Å². The molecule has 3 atom stereocenters. The van der Waals surface area contributed by atoms with Crippen molar-refractivity contribution in [2.45, 2.75) is 48.0 Å². The lowest BCUT2D eigenvalue weighted by molar-refractivity contribution is -0.110. The molecule has 1 fully saturated rings. The Balaban J connectivity index is 2.03. The van der Waals surface area contributed by atoms with Crippen molar-refractivity contribution in [3.8, 4) is 0 Å². The van der Waals surface area contributed by atoms with Crippen molar-refractivity contribution in [2.24, 2.45) is 0 Å². The van der Waals surface area contributed by atoms with Crippen molar-refractivity contribution in [2.75, 3.05) is 0 Å². The average molecular weight is 436 g/mol. The van der Waals surface area contributed by atoms with Gasteiger partial charge >= 0.3 is 6.09 Å². The van der Waals surface area contributed by atoms with E-state index in [2.05, 4.69) is 5.32 Å². The number of hydrogen-bond donors (Lipinski definition) is 1. The fraction of sp³-hybridized carbons (Fsp3) is 0.333.